The molecule has 0 aliphatic rings. The lowest BCUT2D eigenvalue weighted by Crippen LogP contribution is -2.11. The summed E-state index contributed by atoms with van der Waals surface area (Å²) in [4.78, 5) is 11.4. The van der Waals surface area contributed by atoms with Gasteiger partial charge in [-0.2, -0.15) is 0 Å². The van der Waals surface area contributed by atoms with Crippen LogP contribution in [-0.4, -0.2) is 17.7 Å². The number of fused-ring (bicyclic) bond motifs is 4. The number of hydrogen-bond donors (Lipinski definition) is 1. The van der Waals surface area contributed by atoms with Crippen molar-refractivity contribution in [1.29, 1.82) is 0 Å². The Bertz CT molecular complexity index is 2080. The first-order valence-corrected chi connectivity index (χ1v) is 14.2. The Morgan fingerprint density at radius 3 is 2.14 bits per heavy atom. The summed E-state index contributed by atoms with van der Waals surface area (Å²) in [6, 6.07) is 42.5. The van der Waals surface area contributed by atoms with Crippen LogP contribution in [0.5, 0.6) is 11.5 Å². The first-order chi connectivity index (χ1) is 21.1. The van der Waals surface area contributed by atoms with E-state index in [1.165, 1.54) is 0 Å². The number of benzene rings is 6. The van der Waals surface area contributed by atoms with E-state index in [1.807, 2.05) is 78.9 Å². The zero-order valence-corrected chi connectivity index (χ0v) is 23.3. The third-order valence-corrected chi connectivity index (χ3v) is 7.70. The van der Waals surface area contributed by atoms with Crippen molar-refractivity contribution in [3.05, 3.63) is 144 Å². The number of hydrogen-bond acceptors (Lipinski definition) is 4. The number of aliphatic carboxylic acids is 1. The van der Waals surface area contributed by atoms with Crippen LogP contribution in [0, 0.1) is 0 Å². The Morgan fingerprint density at radius 2 is 1.35 bits per heavy atom. The summed E-state index contributed by atoms with van der Waals surface area (Å²) in [6.07, 6.45) is 0.573. The lowest BCUT2D eigenvalue weighted by molar-refractivity contribution is -0.139. The highest BCUT2D eigenvalue weighted by molar-refractivity contribution is 6.10. The predicted molar refractivity (Wildman–Crippen MR) is 170 cm³/mol. The van der Waals surface area contributed by atoms with Gasteiger partial charge in [0.25, 0.3) is 0 Å². The normalized spacial score (nSPS) is 11.3. The lowest BCUT2D eigenvalue weighted by Gasteiger charge is -2.18. The topological polar surface area (TPSA) is 68.9 Å². The maximum Gasteiger partial charge on any atom is 0.341 e. The molecule has 43 heavy (non-hydrogen) atoms. The summed E-state index contributed by atoms with van der Waals surface area (Å²) in [5.74, 6) is 0.223. The van der Waals surface area contributed by atoms with Gasteiger partial charge in [0.1, 0.15) is 29.3 Å². The molecule has 7 aromatic rings. The molecule has 0 aliphatic heterocycles. The minimum atomic E-state index is -1.02. The molecule has 6 aromatic carbocycles. The van der Waals surface area contributed by atoms with Crippen molar-refractivity contribution in [3.8, 4) is 22.6 Å². The molecule has 0 radical (unpaired) electrons. The van der Waals surface area contributed by atoms with Gasteiger partial charge in [0, 0.05) is 33.9 Å². The molecule has 1 aromatic heterocycles. The van der Waals surface area contributed by atoms with Gasteiger partial charge in [-0.15, -0.1) is 0 Å². The van der Waals surface area contributed by atoms with E-state index < -0.39 is 12.6 Å². The van der Waals surface area contributed by atoms with Crippen LogP contribution in [0.3, 0.4) is 0 Å². The third-order valence-electron chi connectivity index (χ3n) is 7.70. The van der Waals surface area contributed by atoms with Crippen LogP contribution in [0.1, 0.15) is 16.7 Å². The minimum Gasteiger partial charge on any atom is -0.488 e. The highest BCUT2D eigenvalue weighted by Crippen LogP contribution is 2.43. The molecule has 7 rings (SSSR count). The smallest absolute Gasteiger partial charge is 0.341 e. The van der Waals surface area contributed by atoms with Crippen molar-refractivity contribution in [1.82, 2.24) is 0 Å². The first-order valence-electron chi connectivity index (χ1n) is 14.2. The Morgan fingerprint density at radius 1 is 0.628 bits per heavy atom. The molecular weight excluding hydrogens is 536 g/mol. The van der Waals surface area contributed by atoms with Gasteiger partial charge in [-0.25, -0.2) is 4.79 Å². The number of rotatable bonds is 9. The summed E-state index contributed by atoms with van der Waals surface area (Å²) >= 11 is 0. The molecule has 0 fully saturated rings. The second-order valence-electron chi connectivity index (χ2n) is 10.5. The fourth-order valence-corrected chi connectivity index (χ4v) is 5.68. The molecule has 0 spiro atoms. The van der Waals surface area contributed by atoms with Gasteiger partial charge in [0.15, 0.2) is 6.61 Å². The molecule has 5 heteroatoms. The molecule has 0 bridgehead atoms. The minimum absolute atomic E-state index is 0.388. The van der Waals surface area contributed by atoms with Crippen LogP contribution in [0.2, 0.25) is 0 Å². The van der Waals surface area contributed by atoms with E-state index in [9.17, 15) is 9.90 Å². The Kier molecular flexibility index (Phi) is 6.97. The SMILES string of the molecule is O=C(O)COc1ccc2cc(-c3cccc4c3oc3ccccc34)c(OCc3ccccc3)cc2c1Cc1ccccc1. The highest BCUT2D eigenvalue weighted by Gasteiger charge is 2.19. The molecule has 210 valence electrons. The monoisotopic (exact) mass is 564 g/mol. The van der Waals surface area contributed by atoms with Crippen LogP contribution in [0.15, 0.2) is 132 Å². The highest BCUT2D eigenvalue weighted by atomic mass is 16.5. The van der Waals surface area contributed by atoms with Crippen molar-refractivity contribution in [2.75, 3.05) is 6.61 Å². The van der Waals surface area contributed by atoms with Crippen molar-refractivity contribution in [2.24, 2.45) is 0 Å². The Balaban J connectivity index is 1.44. The molecule has 0 amide bonds. The molecule has 0 unspecified atom stereocenters. The molecule has 0 aliphatic carbocycles. The number of carboxylic acid groups (broad SMARTS) is 1. The van der Waals surface area contributed by atoms with E-state index >= 15 is 0 Å². The molecule has 1 heterocycles. The van der Waals surface area contributed by atoms with Crippen LogP contribution in [0.25, 0.3) is 43.8 Å². The van der Waals surface area contributed by atoms with E-state index in [4.69, 9.17) is 13.9 Å². The fraction of sp³-hybridized carbons (Fsp3) is 0.0789. The van der Waals surface area contributed by atoms with Crippen LogP contribution >= 0.6 is 0 Å². The van der Waals surface area contributed by atoms with Gasteiger partial charge in [0.05, 0.1) is 0 Å². The van der Waals surface area contributed by atoms with Crippen LogP contribution in [0.4, 0.5) is 0 Å². The van der Waals surface area contributed by atoms with Gasteiger partial charge < -0.3 is 19.0 Å². The fourth-order valence-electron chi connectivity index (χ4n) is 5.68. The Labute approximate surface area is 248 Å². The van der Waals surface area contributed by atoms with E-state index in [1.54, 1.807) is 0 Å². The van der Waals surface area contributed by atoms with E-state index in [-0.39, 0.29) is 0 Å². The van der Waals surface area contributed by atoms with Crippen molar-refractivity contribution >= 4 is 38.7 Å². The Hall–Kier alpha value is -5.55. The zero-order valence-electron chi connectivity index (χ0n) is 23.3. The third kappa shape index (κ3) is 5.29. The van der Waals surface area contributed by atoms with E-state index in [0.29, 0.717) is 24.5 Å². The second kappa shape index (κ2) is 11.4. The average Bonchev–Trinajstić information content (AvgIpc) is 3.43. The molecule has 0 saturated carbocycles. The number of carbonyl (C=O) groups is 1. The number of ether oxygens (including phenoxy) is 2. The van der Waals surface area contributed by atoms with E-state index in [2.05, 4.69) is 48.5 Å². The van der Waals surface area contributed by atoms with Gasteiger partial charge in [-0.1, -0.05) is 103 Å². The van der Waals surface area contributed by atoms with Crippen molar-refractivity contribution in [2.45, 2.75) is 13.0 Å². The average molecular weight is 565 g/mol. The zero-order chi connectivity index (χ0) is 29.2. The number of carboxylic acids is 1. The quantitative estimate of drug-likeness (QED) is 0.189. The van der Waals surface area contributed by atoms with Gasteiger partial charge in [-0.05, 0) is 46.2 Å². The van der Waals surface area contributed by atoms with Crippen LogP contribution < -0.4 is 9.47 Å². The van der Waals surface area contributed by atoms with Gasteiger partial charge in [0.2, 0.25) is 0 Å². The largest absolute Gasteiger partial charge is 0.488 e. The second-order valence-corrected chi connectivity index (χ2v) is 10.5. The molecule has 0 saturated heterocycles. The summed E-state index contributed by atoms with van der Waals surface area (Å²) < 4.78 is 18.8. The summed E-state index contributed by atoms with van der Waals surface area (Å²) in [7, 11) is 0. The molecule has 5 nitrogen and oxygen atoms in total. The maximum absolute atomic E-state index is 11.4. The first kappa shape index (κ1) is 26.4. The molecule has 0 atom stereocenters. The number of furan rings is 1. The van der Waals surface area contributed by atoms with Crippen molar-refractivity contribution < 1.29 is 23.8 Å². The van der Waals surface area contributed by atoms with Crippen LogP contribution in [-0.2, 0) is 17.8 Å². The standard InChI is InChI=1S/C38H28O5/c39-37(40)24-42-34-19-18-27-21-33(30-16-9-15-29-28-14-7-8-17-35(28)43-38(29)30)36(41-23-26-12-5-2-6-13-26)22-31(27)32(34)20-25-10-3-1-4-11-25/h1-19,21-22H,20,23-24H2,(H,39,40). The molecule has 1 N–H and O–H groups in total. The van der Waals surface area contributed by atoms with Crippen molar-refractivity contribution in [3.63, 3.8) is 0 Å². The molecular formula is C38H28O5. The summed E-state index contributed by atoms with van der Waals surface area (Å²) in [6.45, 7) is -0.0323. The van der Waals surface area contributed by atoms with Gasteiger partial charge >= 0.3 is 5.97 Å². The number of para-hydroxylation sites is 2. The van der Waals surface area contributed by atoms with Gasteiger partial charge in [-0.3, -0.25) is 0 Å². The predicted octanol–water partition coefficient (Wildman–Crippen LogP) is 9.04. The maximum atomic E-state index is 11.4. The summed E-state index contributed by atoms with van der Waals surface area (Å²) in [5.41, 5.74) is 6.55. The lowest BCUT2D eigenvalue weighted by atomic mass is 9.93. The van der Waals surface area contributed by atoms with E-state index in [0.717, 1.165) is 60.5 Å². The summed E-state index contributed by atoms with van der Waals surface area (Å²) in [5, 5.41) is 13.4.